The number of carbonyl (C=O) groups excluding carboxylic acids is 1. The van der Waals surface area contributed by atoms with Crippen molar-refractivity contribution in [3.8, 4) is 0 Å². The summed E-state index contributed by atoms with van der Waals surface area (Å²) in [6.45, 7) is 1.55. The summed E-state index contributed by atoms with van der Waals surface area (Å²) in [6, 6.07) is 9.25. The monoisotopic (exact) mass is 365 g/mol. The fourth-order valence-electron chi connectivity index (χ4n) is 1.62. The van der Waals surface area contributed by atoms with Gasteiger partial charge in [0.25, 0.3) is 0 Å². The van der Waals surface area contributed by atoms with Gasteiger partial charge in [0.1, 0.15) is 0 Å². The van der Waals surface area contributed by atoms with Crippen LogP contribution in [-0.4, -0.2) is 53.4 Å². The summed E-state index contributed by atoms with van der Waals surface area (Å²) in [7, 11) is -1.83. The molecule has 0 bridgehead atoms. The van der Waals surface area contributed by atoms with Gasteiger partial charge in [0.15, 0.2) is 0 Å². The second-order valence-electron chi connectivity index (χ2n) is 4.65. The lowest BCUT2D eigenvalue weighted by molar-refractivity contribution is -0.120. The van der Waals surface area contributed by atoms with E-state index in [4.69, 9.17) is 4.74 Å². The fourth-order valence-corrected chi connectivity index (χ4v) is 2.53. The van der Waals surface area contributed by atoms with E-state index in [1.165, 1.54) is 0 Å². The number of amides is 1. The van der Waals surface area contributed by atoms with E-state index in [-0.39, 0.29) is 43.7 Å². The highest BCUT2D eigenvalue weighted by molar-refractivity contribution is 7.89. The molecule has 1 aromatic rings. The number of carbonyl (C=O) groups is 1. The SMILES string of the molecule is COCCNCC(=O)NCCS(=O)(=O)NCc1ccccc1.Cl. The molecule has 132 valence electrons. The van der Waals surface area contributed by atoms with Gasteiger partial charge in [-0.05, 0) is 5.56 Å². The van der Waals surface area contributed by atoms with E-state index in [1.54, 1.807) is 7.11 Å². The average molecular weight is 366 g/mol. The van der Waals surface area contributed by atoms with E-state index in [2.05, 4.69) is 15.4 Å². The zero-order chi connectivity index (χ0) is 16.3. The van der Waals surface area contributed by atoms with E-state index in [0.29, 0.717) is 13.2 Å². The minimum Gasteiger partial charge on any atom is -0.383 e. The van der Waals surface area contributed by atoms with E-state index < -0.39 is 10.0 Å². The van der Waals surface area contributed by atoms with Gasteiger partial charge >= 0.3 is 0 Å². The first-order valence-electron chi connectivity index (χ1n) is 7.01. The van der Waals surface area contributed by atoms with Crippen molar-refractivity contribution in [3.63, 3.8) is 0 Å². The maximum absolute atomic E-state index is 11.8. The quantitative estimate of drug-likeness (QED) is 0.475. The first-order valence-corrected chi connectivity index (χ1v) is 8.66. The molecule has 0 saturated carbocycles. The van der Waals surface area contributed by atoms with E-state index in [1.807, 2.05) is 30.3 Å². The molecule has 7 nitrogen and oxygen atoms in total. The van der Waals surface area contributed by atoms with Gasteiger partial charge in [-0.2, -0.15) is 0 Å². The zero-order valence-corrected chi connectivity index (χ0v) is 14.7. The van der Waals surface area contributed by atoms with Gasteiger partial charge in [0, 0.05) is 26.7 Å². The van der Waals surface area contributed by atoms with Gasteiger partial charge in [-0.15, -0.1) is 12.4 Å². The predicted molar refractivity (Wildman–Crippen MR) is 92.1 cm³/mol. The molecule has 0 unspecified atom stereocenters. The van der Waals surface area contributed by atoms with E-state index in [9.17, 15) is 13.2 Å². The van der Waals surface area contributed by atoms with E-state index in [0.717, 1.165) is 5.56 Å². The lowest BCUT2D eigenvalue weighted by Crippen LogP contribution is -2.39. The largest absolute Gasteiger partial charge is 0.383 e. The van der Waals surface area contributed by atoms with Crippen molar-refractivity contribution in [2.45, 2.75) is 6.54 Å². The number of hydrogen-bond donors (Lipinski definition) is 3. The van der Waals surface area contributed by atoms with Gasteiger partial charge in [-0.25, -0.2) is 13.1 Å². The molecule has 0 heterocycles. The number of methoxy groups -OCH3 is 1. The Balaban J connectivity index is 0.00000484. The molecule has 0 saturated heterocycles. The molecule has 1 rings (SSSR count). The Bertz CT molecular complexity index is 540. The molecule has 3 N–H and O–H groups in total. The molecule has 0 aliphatic rings. The lowest BCUT2D eigenvalue weighted by Gasteiger charge is -2.08. The van der Waals surface area contributed by atoms with Crippen LogP contribution in [0, 0.1) is 0 Å². The van der Waals surface area contributed by atoms with Crippen LogP contribution in [0.25, 0.3) is 0 Å². The average Bonchev–Trinajstić information content (AvgIpc) is 2.51. The van der Waals surface area contributed by atoms with Gasteiger partial charge in [-0.1, -0.05) is 30.3 Å². The Hall–Kier alpha value is -1.19. The molecular formula is C14H24ClN3O4S. The van der Waals surface area contributed by atoms with Gasteiger partial charge < -0.3 is 15.4 Å². The summed E-state index contributed by atoms with van der Waals surface area (Å²) in [4.78, 5) is 11.4. The molecule has 1 amide bonds. The number of sulfonamides is 1. The molecule has 0 spiro atoms. The standard InChI is InChI=1S/C14H23N3O4S.ClH/c1-21-9-7-15-12-14(18)16-8-10-22(19,20)17-11-13-5-3-2-4-6-13;/h2-6,15,17H,7-12H2,1H3,(H,16,18);1H. The number of rotatable bonds is 11. The number of hydrogen-bond acceptors (Lipinski definition) is 5. The molecule has 0 fully saturated rings. The summed E-state index contributed by atoms with van der Waals surface area (Å²) < 4.78 is 30.9. The summed E-state index contributed by atoms with van der Waals surface area (Å²) in [5, 5.41) is 5.43. The highest BCUT2D eigenvalue weighted by Crippen LogP contribution is 1.98. The van der Waals surface area contributed by atoms with Crippen molar-refractivity contribution >= 4 is 28.3 Å². The van der Waals surface area contributed by atoms with Crippen molar-refractivity contribution in [1.29, 1.82) is 0 Å². The highest BCUT2D eigenvalue weighted by atomic mass is 35.5. The smallest absolute Gasteiger partial charge is 0.233 e. The highest BCUT2D eigenvalue weighted by Gasteiger charge is 2.10. The van der Waals surface area contributed by atoms with Crippen LogP contribution in [0.3, 0.4) is 0 Å². The zero-order valence-electron chi connectivity index (χ0n) is 13.1. The Labute approximate surface area is 143 Å². The third-order valence-corrected chi connectivity index (χ3v) is 4.13. The summed E-state index contributed by atoms with van der Waals surface area (Å²) in [5.74, 6) is -0.390. The molecule has 0 radical (unpaired) electrons. The third kappa shape index (κ3) is 11.1. The second kappa shape index (κ2) is 12.3. The van der Waals surface area contributed by atoms with Crippen molar-refractivity contribution in [3.05, 3.63) is 35.9 Å². The van der Waals surface area contributed by atoms with Crippen molar-refractivity contribution in [2.75, 3.05) is 39.1 Å². The topological polar surface area (TPSA) is 96.5 Å². The number of halogens is 1. The second-order valence-corrected chi connectivity index (χ2v) is 6.57. The first-order chi connectivity index (χ1) is 10.5. The predicted octanol–water partition coefficient (Wildman–Crippen LogP) is -0.120. The third-order valence-electron chi connectivity index (χ3n) is 2.80. The number of benzene rings is 1. The molecule has 0 atom stereocenters. The van der Waals surface area contributed by atoms with Crippen molar-refractivity contribution in [1.82, 2.24) is 15.4 Å². The van der Waals surface area contributed by atoms with Crippen LogP contribution in [0.4, 0.5) is 0 Å². The Morgan fingerprint density at radius 2 is 1.87 bits per heavy atom. The van der Waals surface area contributed by atoms with Crippen LogP contribution in [-0.2, 0) is 26.1 Å². The molecule has 9 heteroatoms. The summed E-state index contributed by atoms with van der Waals surface area (Å²) in [6.07, 6.45) is 0. The van der Waals surface area contributed by atoms with E-state index >= 15 is 0 Å². The van der Waals surface area contributed by atoms with Crippen molar-refractivity contribution in [2.24, 2.45) is 0 Å². The van der Waals surface area contributed by atoms with Crippen LogP contribution in [0.1, 0.15) is 5.56 Å². The summed E-state index contributed by atoms with van der Waals surface area (Å²) in [5.41, 5.74) is 0.887. The maximum Gasteiger partial charge on any atom is 0.233 e. The van der Waals surface area contributed by atoms with Crippen LogP contribution in [0.15, 0.2) is 30.3 Å². The van der Waals surface area contributed by atoms with Crippen molar-refractivity contribution < 1.29 is 17.9 Å². The van der Waals surface area contributed by atoms with Gasteiger partial charge in [0.2, 0.25) is 15.9 Å². The summed E-state index contributed by atoms with van der Waals surface area (Å²) >= 11 is 0. The molecule has 1 aromatic carbocycles. The lowest BCUT2D eigenvalue weighted by atomic mass is 10.2. The fraction of sp³-hybridized carbons (Fsp3) is 0.500. The number of nitrogens with one attached hydrogen (secondary N) is 3. The molecular weight excluding hydrogens is 342 g/mol. The first kappa shape index (κ1) is 21.8. The van der Waals surface area contributed by atoms with Crippen LogP contribution >= 0.6 is 12.4 Å². The van der Waals surface area contributed by atoms with Gasteiger partial charge in [0.05, 0.1) is 18.9 Å². The Kier molecular flexibility index (Phi) is 11.6. The normalized spacial score (nSPS) is 10.8. The maximum atomic E-state index is 11.8. The Morgan fingerprint density at radius 3 is 2.52 bits per heavy atom. The number of ether oxygens (including phenoxy) is 1. The van der Waals surface area contributed by atoms with Crippen LogP contribution < -0.4 is 15.4 Å². The molecule has 0 aliphatic carbocycles. The minimum atomic E-state index is -3.41. The Morgan fingerprint density at radius 1 is 1.17 bits per heavy atom. The molecule has 23 heavy (non-hydrogen) atoms. The molecule has 0 aromatic heterocycles. The van der Waals surface area contributed by atoms with Gasteiger partial charge in [-0.3, -0.25) is 4.79 Å². The minimum absolute atomic E-state index is 0. The molecule has 0 aliphatic heterocycles. The van der Waals surface area contributed by atoms with Crippen LogP contribution in [0.5, 0.6) is 0 Å². The van der Waals surface area contributed by atoms with Crippen LogP contribution in [0.2, 0.25) is 0 Å².